The smallest absolute Gasteiger partial charge is 0.333 e. The predicted octanol–water partition coefficient (Wildman–Crippen LogP) is 3.70. The Morgan fingerprint density at radius 3 is 1.83 bits per heavy atom. The molecule has 0 aliphatic rings. The molecule has 0 amide bonds. The van der Waals surface area contributed by atoms with Crippen LogP contribution < -0.4 is 0 Å². The molecule has 0 saturated carbocycles. The highest BCUT2D eigenvalue weighted by Gasteiger charge is 2.42. The molecule has 0 heterocycles. The van der Waals surface area contributed by atoms with Gasteiger partial charge in [-0.3, -0.25) is 0 Å². The molecular weight excluding hydrogens is 228 g/mol. The van der Waals surface area contributed by atoms with Crippen LogP contribution in [-0.4, -0.2) is 22.3 Å². The molecule has 0 spiro atoms. The Morgan fingerprint density at radius 1 is 1.11 bits per heavy atom. The third-order valence-corrected chi connectivity index (χ3v) is 3.47. The minimum atomic E-state index is -1.24. The van der Waals surface area contributed by atoms with Crippen LogP contribution in [-0.2, 0) is 4.79 Å². The molecule has 0 aliphatic carbocycles. The zero-order valence-electron chi connectivity index (χ0n) is 12.6. The van der Waals surface area contributed by atoms with Crippen molar-refractivity contribution in [3.63, 3.8) is 0 Å². The number of aliphatic carboxylic acids is 1. The van der Waals surface area contributed by atoms with Crippen LogP contribution in [0.3, 0.4) is 0 Å². The Morgan fingerprint density at radius 2 is 1.56 bits per heavy atom. The first-order valence-electron chi connectivity index (χ1n) is 7.16. The topological polar surface area (TPSA) is 57.5 Å². The third kappa shape index (κ3) is 5.38. The maximum Gasteiger partial charge on any atom is 0.333 e. The van der Waals surface area contributed by atoms with Crippen molar-refractivity contribution in [2.45, 2.75) is 72.8 Å². The van der Waals surface area contributed by atoms with E-state index in [0.29, 0.717) is 11.8 Å². The number of carboxylic acid groups (broad SMARTS) is 1. The summed E-state index contributed by atoms with van der Waals surface area (Å²) < 4.78 is 0. The highest BCUT2D eigenvalue weighted by molar-refractivity contribution is 5.73. The van der Waals surface area contributed by atoms with Crippen LogP contribution in [0.1, 0.15) is 66.7 Å². The minimum absolute atomic E-state index is 0.398. The van der Waals surface area contributed by atoms with Crippen LogP contribution in [0.5, 0.6) is 0 Å². The summed E-state index contributed by atoms with van der Waals surface area (Å²) in [6, 6.07) is 0. The fourth-order valence-corrected chi connectivity index (χ4v) is 3.06. The molecule has 1 atom stereocenters. The van der Waals surface area contributed by atoms with Crippen molar-refractivity contribution in [2.24, 2.45) is 17.3 Å². The number of aliphatic hydroxyl groups is 1. The number of aliphatic hydroxyl groups excluding tert-OH is 1. The Kier molecular flexibility index (Phi) is 7.53. The van der Waals surface area contributed by atoms with Crippen molar-refractivity contribution in [2.75, 3.05) is 0 Å². The van der Waals surface area contributed by atoms with Gasteiger partial charge in [0.15, 0.2) is 6.10 Å². The standard InChI is InChI=1S/C15H30O3/c1-6-7-8-15(9-11(2)3,10-12(4)5)13(16)14(17)18/h11-13,16H,6-10H2,1-5H3,(H,17,18). The molecule has 1 unspecified atom stereocenters. The maximum absolute atomic E-state index is 11.2. The number of unbranched alkanes of at least 4 members (excludes halogenated alkanes) is 1. The monoisotopic (exact) mass is 258 g/mol. The fourth-order valence-electron chi connectivity index (χ4n) is 3.06. The molecule has 18 heavy (non-hydrogen) atoms. The number of hydrogen-bond acceptors (Lipinski definition) is 2. The highest BCUT2D eigenvalue weighted by Crippen LogP contribution is 2.42. The van der Waals surface area contributed by atoms with Crippen LogP contribution in [0.2, 0.25) is 0 Å². The van der Waals surface area contributed by atoms with Gasteiger partial charge in [0.1, 0.15) is 0 Å². The first-order valence-corrected chi connectivity index (χ1v) is 7.16. The van der Waals surface area contributed by atoms with Gasteiger partial charge in [0.2, 0.25) is 0 Å². The lowest BCUT2D eigenvalue weighted by molar-refractivity contribution is -0.157. The Bertz CT molecular complexity index is 236. The average molecular weight is 258 g/mol. The van der Waals surface area contributed by atoms with E-state index in [1.807, 2.05) is 0 Å². The van der Waals surface area contributed by atoms with E-state index in [4.69, 9.17) is 0 Å². The molecule has 3 heteroatoms. The predicted molar refractivity (Wildman–Crippen MR) is 74.5 cm³/mol. The van der Waals surface area contributed by atoms with Gasteiger partial charge in [-0.05, 0) is 31.1 Å². The first-order chi connectivity index (χ1) is 8.25. The molecule has 0 rings (SSSR count). The summed E-state index contributed by atoms with van der Waals surface area (Å²) >= 11 is 0. The molecule has 0 fully saturated rings. The van der Waals surface area contributed by atoms with Gasteiger partial charge < -0.3 is 10.2 Å². The summed E-state index contributed by atoms with van der Waals surface area (Å²) in [4.78, 5) is 11.2. The number of hydrogen-bond donors (Lipinski definition) is 2. The molecule has 0 aliphatic heterocycles. The summed E-state index contributed by atoms with van der Waals surface area (Å²) in [5.41, 5.74) is -0.468. The molecule has 0 aromatic rings. The van der Waals surface area contributed by atoms with Gasteiger partial charge in [-0.2, -0.15) is 0 Å². The summed E-state index contributed by atoms with van der Waals surface area (Å²) in [6.07, 6.45) is 3.12. The fraction of sp³-hybridized carbons (Fsp3) is 0.933. The molecule has 0 radical (unpaired) electrons. The van der Waals surface area contributed by atoms with Crippen molar-refractivity contribution < 1.29 is 15.0 Å². The second kappa shape index (κ2) is 7.78. The lowest BCUT2D eigenvalue weighted by Crippen LogP contribution is -2.43. The van der Waals surface area contributed by atoms with Crippen molar-refractivity contribution in [3.05, 3.63) is 0 Å². The Hall–Kier alpha value is -0.570. The molecule has 0 saturated heterocycles. The van der Waals surface area contributed by atoms with Crippen LogP contribution in [0, 0.1) is 17.3 Å². The summed E-state index contributed by atoms with van der Waals surface area (Å²) in [5, 5.41) is 19.4. The Balaban J connectivity index is 5.15. The van der Waals surface area contributed by atoms with Crippen LogP contribution in [0.15, 0.2) is 0 Å². The van der Waals surface area contributed by atoms with Crippen molar-refractivity contribution in [1.82, 2.24) is 0 Å². The normalized spacial score (nSPS) is 14.2. The number of carbonyl (C=O) groups is 1. The molecule has 108 valence electrons. The van der Waals surface area contributed by atoms with Crippen molar-refractivity contribution >= 4 is 5.97 Å². The quantitative estimate of drug-likeness (QED) is 0.663. The van der Waals surface area contributed by atoms with E-state index in [1.165, 1.54) is 0 Å². The van der Waals surface area contributed by atoms with Gasteiger partial charge in [0.25, 0.3) is 0 Å². The van der Waals surface area contributed by atoms with E-state index in [0.717, 1.165) is 32.1 Å². The van der Waals surface area contributed by atoms with Gasteiger partial charge in [-0.15, -0.1) is 0 Å². The molecule has 0 bridgehead atoms. The highest BCUT2D eigenvalue weighted by atomic mass is 16.4. The maximum atomic E-state index is 11.2. The molecule has 3 nitrogen and oxygen atoms in total. The van der Waals surface area contributed by atoms with E-state index in [9.17, 15) is 15.0 Å². The van der Waals surface area contributed by atoms with E-state index < -0.39 is 17.5 Å². The second-order valence-corrected chi connectivity index (χ2v) is 6.40. The average Bonchev–Trinajstić information content (AvgIpc) is 2.23. The third-order valence-electron chi connectivity index (χ3n) is 3.47. The summed E-state index contributed by atoms with van der Waals surface area (Å²) in [6.45, 7) is 10.5. The van der Waals surface area contributed by atoms with Crippen LogP contribution >= 0.6 is 0 Å². The van der Waals surface area contributed by atoms with E-state index in [2.05, 4.69) is 34.6 Å². The van der Waals surface area contributed by atoms with E-state index in [1.54, 1.807) is 0 Å². The first kappa shape index (κ1) is 17.4. The molecule has 0 aromatic carbocycles. The molecular formula is C15H30O3. The second-order valence-electron chi connectivity index (χ2n) is 6.40. The zero-order chi connectivity index (χ0) is 14.3. The van der Waals surface area contributed by atoms with E-state index in [-0.39, 0.29) is 0 Å². The lowest BCUT2D eigenvalue weighted by atomic mass is 9.67. The van der Waals surface area contributed by atoms with Crippen molar-refractivity contribution in [1.29, 1.82) is 0 Å². The largest absolute Gasteiger partial charge is 0.479 e. The molecule has 2 N–H and O–H groups in total. The van der Waals surface area contributed by atoms with Crippen molar-refractivity contribution in [3.8, 4) is 0 Å². The van der Waals surface area contributed by atoms with Crippen LogP contribution in [0.25, 0.3) is 0 Å². The number of rotatable bonds is 9. The molecule has 0 aromatic heterocycles. The zero-order valence-corrected chi connectivity index (χ0v) is 12.6. The number of carboxylic acids is 1. The summed E-state index contributed by atoms with van der Waals surface area (Å²) in [5.74, 6) is -0.281. The summed E-state index contributed by atoms with van der Waals surface area (Å²) in [7, 11) is 0. The van der Waals surface area contributed by atoms with E-state index >= 15 is 0 Å². The minimum Gasteiger partial charge on any atom is -0.479 e. The van der Waals surface area contributed by atoms with Gasteiger partial charge in [0, 0.05) is 5.41 Å². The lowest BCUT2D eigenvalue weighted by Gasteiger charge is -2.39. The van der Waals surface area contributed by atoms with Gasteiger partial charge in [-0.1, -0.05) is 47.5 Å². The van der Waals surface area contributed by atoms with Gasteiger partial charge in [0.05, 0.1) is 0 Å². The van der Waals surface area contributed by atoms with Gasteiger partial charge in [-0.25, -0.2) is 4.79 Å². The van der Waals surface area contributed by atoms with Crippen LogP contribution in [0.4, 0.5) is 0 Å². The Labute approximate surface area is 112 Å². The SMILES string of the molecule is CCCCC(CC(C)C)(CC(C)C)C(O)C(=O)O. The van der Waals surface area contributed by atoms with Gasteiger partial charge >= 0.3 is 5.97 Å².